The molecule has 2 aromatic heterocycles. The van der Waals surface area contributed by atoms with Gasteiger partial charge in [0.15, 0.2) is 11.6 Å². The molecule has 10 heteroatoms. The quantitative estimate of drug-likeness (QED) is 0.536. The predicted octanol–water partition coefficient (Wildman–Crippen LogP) is 3.36. The summed E-state index contributed by atoms with van der Waals surface area (Å²) in [5.74, 6) is -2.41. The number of anilines is 1. The second kappa shape index (κ2) is 7.39. The second-order valence-corrected chi connectivity index (χ2v) is 6.53. The van der Waals surface area contributed by atoms with Crippen LogP contribution in [0.4, 0.5) is 14.5 Å². The molecule has 0 unspecified atom stereocenters. The molecule has 1 amide bonds. The fraction of sp³-hybridized carbons (Fsp3) is 0.100. The molecule has 0 saturated heterocycles. The smallest absolute Gasteiger partial charge is 0.322 e. The minimum absolute atomic E-state index is 0.0352. The lowest BCUT2D eigenvalue weighted by atomic mass is 10.1. The number of nitrogens with zero attached hydrogens (tertiary/aromatic N) is 3. The van der Waals surface area contributed by atoms with Gasteiger partial charge in [-0.15, -0.1) is 0 Å². The number of aromatic amines is 1. The molecule has 152 valence electrons. The highest BCUT2D eigenvalue weighted by molar-refractivity contribution is 6.06. The van der Waals surface area contributed by atoms with E-state index in [1.807, 2.05) is 0 Å². The van der Waals surface area contributed by atoms with Crippen molar-refractivity contribution < 1.29 is 18.1 Å². The van der Waals surface area contributed by atoms with Gasteiger partial charge in [0.2, 0.25) is 0 Å². The Kier molecular flexibility index (Phi) is 4.74. The number of H-pyrrole nitrogens is 1. The van der Waals surface area contributed by atoms with Gasteiger partial charge in [-0.1, -0.05) is 17.3 Å². The van der Waals surface area contributed by atoms with Crippen LogP contribution in [0.5, 0.6) is 0 Å². The Hall–Kier alpha value is -4.08. The first kappa shape index (κ1) is 19.2. The third-order valence-electron chi connectivity index (χ3n) is 4.49. The van der Waals surface area contributed by atoms with Gasteiger partial charge in [0.05, 0.1) is 17.0 Å². The molecule has 4 rings (SSSR count). The van der Waals surface area contributed by atoms with Crippen LogP contribution in [0.25, 0.3) is 17.1 Å². The Morgan fingerprint density at radius 3 is 2.67 bits per heavy atom. The van der Waals surface area contributed by atoms with Crippen LogP contribution in [0.1, 0.15) is 21.7 Å². The number of rotatable bonds is 4. The van der Waals surface area contributed by atoms with E-state index in [-0.39, 0.29) is 17.1 Å². The SMILES string of the molecule is Cc1nn(-c2ccc(F)cc2F)c(C)c1C(=O)Nc1cccc(-c2noc(=O)[nH]2)c1. The predicted molar refractivity (Wildman–Crippen MR) is 103 cm³/mol. The fourth-order valence-corrected chi connectivity index (χ4v) is 3.15. The van der Waals surface area contributed by atoms with Crippen LogP contribution < -0.4 is 11.1 Å². The van der Waals surface area contributed by atoms with Crippen molar-refractivity contribution in [3.63, 3.8) is 0 Å². The molecule has 2 N–H and O–H groups in total. The zero-order chi connectivity index (χ0) is 21.4. The van der Waals surface area contributed by atoms with Gasteiger partial charge in [-0.2, -0.15) is 5.10 Å². The third-order valence-corrected chi connectivity index (χ3v) is 4.49. The number of aryl methyl sites for hydroxylation is 1. The lowest BCUT2D eigenvalue weighted by Gasteiger charge is -2.08. The van der Waals surface area contributed by atoms with Crippen LogP contribution in [0, 0.1) is 25.5 Å². The first-order chi connectivity index (χ1) is 14.3. The third kappa shape index (κ3) is 3.50. The van der Waals surface area contributed by atoms with E-state index < -0.39 is 23.3 Å². The van der Waals surface area contributed by atoms with Crippen molar-refractivity contribution in [2.45, 2.75) is 13.8 Å². The monoisotopic (exact) mass is 411 g/mol. The molecule has 0 fully saturated rings. The maximum atomic E-state index is 14.2. The van der Waals surface area contributed by atoms with E-state index in [0.717, 1.165) is 12.1 Å². The number of carbonyl (C=O) groups excluding carboxylic acids is 1. The van der Waals surface area contributed by atoms with Crippen LogP contribution in [-0.4, -0.2) is 25.8 Å². The first-order valence-electron chi connectivity index (χ1n) is 8.83. The molecular formula is C20H15F2N5O3. The molecule has 2 aromatic carbocycles. The number of aromatic nitrogens is 4. The van der Waals surface area contributed by atoms with Crippen molar-refractivity contribution in [1.82, 2.24) is 19.9 Å². The zero-order valence-corrected chi connectivity index (χ0v) is 15.9. The zero-order valence-electron chi connectivity index (χ0n) is 15.9. The summed E-state index contributed by atoms with van der Waals surface area (Å²) in [4.78, 5) is 26.5. The molecule has 30 heavy (non-hydrogen) atoms. The summed E-state index contributed by atoms with van der Waals surface area (Å²) in [7, 11) is 0. The van der Waals surface area contributed by atoms with Crippen molar-refractivity contribution in [3.8, 4) is 17.1 Å². The van der Waals surface area contributed by atoms with Crippen molar-refractivity contribution >= 4 is 11.6 Å². The summed E-state index contributed by atoms with van der Waals surface area (Å²) in [6.07, 6.45) is 0. The molecule has 0 atom stereocenters. The average Bonchev–Trinajstić information content (AvgIpc) is 3.25. The Bertz CT molecular complexity index is 1320. The minimum Gasteiger partial charge on any atom is -0.322 e. The van der Waals surface area contributed by atoms with Crippen molar-refractivity contribution in [2.75, 3.05) is 5.32 Å². The fourth-order valence-electron chi connectivity index (χ4n) is 3.15. The van der Waals surface area contributed by atoms with Crippen LogP contribution in [0.15, 0.2) is 51.8 Å². The summed E-state index contributed by atoms with van der Waals surface area (Å²) in [5.41, 5.74) is 2.06. The highest BCUT2D eigenvalue weighted by Gasteiger charge is 2.21. The van der Waals surface area contributed by atoms with Gasteiger partial charge in [-0.25, -0.2) is 18.3 Å². The van der Waals surface area contributed by atoms with Crippen molar-refractivity contribution in [3.05, 3.63) is 81.6 Å². The van der Waals surface area contributed by atoms with Crippen LogP contribution >= 0.6 is 0 Å². The highest BCUT2D eigenvalue weighted by atomic mass is 19.1. The second-order valence-electron chi connectivity index (χ2n) is 6.53. The van der Waals surface area contributed by atoms with Crippen LogP contribution in [0.2, 0.25) is 0 Å². The Morgan fingerprint density at radius 2 is 1.97 bits per heavy atom. The van der Waals surface area contributed by atoms with Crippen LogP contribution in [0.3, 0.4) is 0 Å². The summed E-state index contributed by atoms with van der Waals surface area (Å²) in [6.45, 7) is 3.24. The molecule has 0 aliphatic rings. The topological polar surface area (TPSA) is 106 Å². The number of nitrogens with one attached hydrogen (secondary N) is 2. The first-order valence-corrected chi connectivity index (χ1v) is 8.83. The molecule has 0 bridgehead atoms. The molecule has 0 aliphatic carbocycles. The van der Waals surface area contributed by atoms with Gasteiger partial charge in [-0.05, 0) is 38.1 Å². The van der Waals surface area contributed by atoms with Gasteiger partial charge in [0.1, 0.15) is 11.5 Å². The van der Waals surface area contributed by atoms with E-state index in [1.54, 1.807) is 38.1 Å². The molecule has 2 heterocycles. The number of carbonyl (C=O) groups is 1. The highest BCUT2D eigenvalue weighted by Crippen LogP contribution is 2.23. The molecule has 0 saturated carbocycles. The summed E-state index contributed by atoms with van der Waals surface area (Å²) >= 11 is 0. The Labute approximate surface area is 168 Å². The van der Waals surface area contributed by atoms with Crippen molar-refractivity contribution in [2.24, 2.45) is 0 Å². The molecule has 4 aromatic rings. The molecule has 0 aliphatic heterocycles. The summed E-state index contributed by atoms with van der Waals surface area (Å²) in [6, 6.07) is 9.77. The summed E-state index contributed by atoms with van der Waals surface area (Å²) < 4.78 is 33.1. The van der Waals surface area contributed by atoms with E-state index >= 15 is 0 Å². The van der Waals surface area contributed by atoms with Gasteiger partial charge in [-0.3, -0.25) is 14.3 Å². The van der Waals surface area contributed by atoms with E-state index in [9.17, 15) is 18.4 Å². The van der Waals surface area contributed by atoms with Gasteiger partial charge >= 0.3 is 5.76 Å². The summed E-state index contributed by atoms with van der Waals surface area (Å²) in [5, 5.41) is 10.6. The molecular weight excluding hydrogens is 396 g/mol. The van der Waals surface area contributed by atoms with E-state index in [2.05, 4.69) is 25.1 Å². The number of amides is 1. The van der Waals surface area contributed by atoms with Gasteiger partial charge in [0, 0.05) is 17.3 Å². The number of hydrogen-bond acceptors (Lipinski definition) is 5. The Morgan fingerprint density at radius 1 is 1.17 bits per heavy atom. The molecule has 8 nitrogen and oxygen atoms in total. The Balaban J connectivity index is 1.65. The number of halogens is 2. The van der Waals surface area contributed by atoms with E-state index in [1.165, 1.54) is 10.7 Å². The lowest BCUT2D eigenvalue weighted by Crippen LogP contribution is -2.14. The molecule has 0 spiro atoms. The minimum atomic E-state index is -0.790. The van der Waals surface area contributed by atoms with E-state index in [0.29, 0.717) is 22.6 Å². The van der Waals surface area contributed by atoms with E-state index in [4.69, 9.17) is 0 Å². The maximum absolute atomic E-state index is 14.2. The standard InChI is InChI=1S/C20H15F2N5O3/c1-10-17(11(2)27(25-10)16-7-6-13(21)9-15(16)22)19(28)23-14-5-3-4-12(8-14)18-24-20(29)30-26-18/h3-9H,1-2H3,(H,23,28)(H,24,26,29). The largest absolute Gasteiger partial charge is 0.439 e. The number of benzene rings is 2. The van der Waals surface area contributed by atoms with Crippen LogP contribution in [-0.2, 0) is 0 Å². The normalized spacial score (nSPS) is 10.9. The van der Waals surface area contributed by atoms with Gasteiger partial charge in [0.25, 0.3) is 5.91 Å². The maximum Gasteiger partial charge on any atom is 0.439 e. The van der Waals surface area contributed by atoms with Gasteiger partial charge < -0.3 is 5.32 Å². The average molecular weight is 411 g/mol. The lowest BCUT2D eigenvalue weighted by molar-refractivity contribution is 0.102. The molecule has 0 radical (unpaired) electrons. The van der Waals surface area contributed by atoms with Crippen molar-refractivity contribution in [1.29, 1.82) is 0 Å². The number of hydrogen-bond donors (Lipinski definition) is 2.